The Labute approximate surface area is 208 Å². The van der Waals surface area contributed by atoms with Gasteiger partial charge in [-0.1, -0.05) is 60.7 Å². The van der Waals surface area contributed by atoms with Gasteiger partial charge in [0.05, 0.1) is 29.1 Å². The second-order valence-electron chi connectivity index (χ2n) is 8.32. The molecule has 0 atom stereocenters. The summed E-state index contributed by atoms with van der Waals surface area (Å²) in [6.45, 7) is -0.229. The van der Waals surface area contributed by atoms with Crippen LogP contribution in [0.25, 0.3) is 23.0 Å². The lowest BCUT2D eigenvalue weighted by atomic mass is 10.1. The van der Waals surface area contributed by atoms with Gasteiger partial charge in [-0.15, -0.1) is 0 Å². The number of halogens is 3. The van der Waals surface area contributed by atoms with Gasteiger partial charge in [0, 0.05) is 5.56 Å². The van der Waals surface area contributed by atoms with Crippen LogP contribution in [0.5, 0.6) is 0 Å². The van der Waals surface area contributed by atoms with Gasteiger partial charge in [0.15, 0.2) is 0 Å². The van der Waals surface area contributed by atoms with Crippen molar-refractivity contribution >= 4 is 18.0 Å². The summed E-state index contributed by atoms with van der Waals surface area (Å²) in [4.78, 5) is 39.9. The maximum Gasteiger partial charge on any atom is 0.416 e. The molecule has 0 radical (unpaired) electrons. The molecule has 1 fully saturated rings. The molecule has 10 heteroatoms. The Morgan fingerprint density at radius 3 is 2.05 bits per heavy atom. The third-order valence-corrected chi connectivity index (χ3v) is 5.88. The fourth-order valence-electron chi connectivity index (χ4n) is 4.01. The third kappa shape index (κ3) is 4.68. The Balaban J connectivity index is 1.50. The van der Waals surface area contributed by atoms with Crippen LogP contribution in [0, 0.1) is 0 Å². The van der Waals surface area contributed by atoms with Crippen LogP contribution < -0.4 is 10.9 Å². The molecule has 4 aromatic rings. The number of hydrogen-bond donors (Lipinski definition) is 2. The lowest BCUT2D eigenvalue weighted by Gasteiger charge is -2.13. The van der Waals surface area contributed by atoms with E-state index in [0.717, 1.165) is 17.0 Å². The van der Waals surface area contributed by atoms with Crippen molar-refractivity contribution < 1.29 is 22.8 Å². The first-order valence-electron chi connectivity index (χ1n) is 11.2. The zero-order valence-electron chi connectivity index (χ0n) is 19.1. The number of rotatable bonds is 5. The Kier molecular flexibility index (Phi) is 6.00. The molecule has 0 bridgehead atoms. The van der Waals surface area contributed by atoms with E-state index in [-0.39, 0.29) is 17.8 Å². The number of aromatic nitrogens is 2. The summed E-state index contributed by atoms with van der Waals surface area (Å²) in [6.07, 6.45) is -3.18. The van der Waals surface area contributed by atoms with Gasteiger partial charge >= 0.3 is 12.2 Å². The van der Waals surface area contributed by atoms with Gasteiger partial charge in [-0.2, -0.15) is 13.2 Å². The van der Waals surface area contributed by atoms with E-state index in [1.165, 1.54) is 22.9 Å². The van der Waals surface area contributed by atoms with E-state index in [1.54, 1.807) is 48.5 Å². The smallest absolute Gasteiger partial charge is 0.303 e. The monoisotopic (exact) mass is 504 g/mol. The number of hydrogen-bond acceptors (Lipinski definition) is 3. The van der Waals surface area contributed by atoms with E-state index in [0.29, 0.717) is 22.5 Å². The lowest BCUT2D eigenvalue weighted by molar-refractivity contribution is -0.137. The molecule has 5 rings (SSSR count). The molecule has 3 amide bonds. The highest BCUT2D eigenvalue weighted by Crippen LogP contribution is 2.29. The zero-order valence-corrected chi connectivity index (χ0v) is 19.1. The first kappa shape index (κ1) is 23.9. The van der Waals surface area contributed by atoms with Gasteiger partial charge in [-0.25, -0.2) is 9.48 Å². The van der Waals surface area contributed by atoms with Gasteiger partial charge in [0.25, 0.3) is 11.5 Å². The Morgan fingerprint density at radius 1 is 0.811 bits per heavy atom. The van der Waals surface area contributed by atoms with Crippen molar-refractivity contribution in [3.8, 4) is 16.9 Å². The maximum absolute atomic E-state index is 13.4. The molecule has 3 aromatic carbocycles. The van der Waals surface area contributed by atoms with E-state index in [1.807, 2.05) is 12.1 Å². The molecule has 0 spiro atoms. The largest absolute Gasteiger partial charge is 0.416 e. The molecule has 186 valence electrons. The second-order valence-corrected chi connectivity index (χ2v) is 8.32. The quantitative estimate of drug-likeness (QED) is 0.298. The first-order chi connectivity index (χ1) is 17.7. The van der Waals surface area contributed by atoms with Crippen molar-refractivity contribution in [1.82, 2.24) is 20.0 Å². The van der Waals surface area contributed by atoms with Crippen molar-refractivity contribution in [3.63, 3.8) is 0 Å². The Bertz CT molecular complexity index is 1550. The van der Waals surface area contributed by atoms with Crippen LogP contribution in [0.1, 0.15) is 16.7 Å². The number of imide groups is 1. The van der Waals surface area contributed by atoms with Crippen molar-refractivity contribution in [2.75, 3.05) is 0 Å². The first-order valence-corrected chi connectivity index (χ1v) is 11.2. The van der Waals surface area contributed by atoms with Crippen LogP contribution in [0.2, 0.25) is 0 Å². The number of H-pyrrole nitrogens is 1. The van der Waals surface area contributed by atoms with Gasteiger partial charge in [-0.05, 0) is 35.9 Å². The molecule has 0 aliphatic carbocycles. The molecular formula is C27H19F3N4O3. The highest BCUT2D eigenvalue weighted by atomic mass is 19.4. The van der Waals surface area contributed by atoms with Crippen molar-refractivity contribution in [1.29, 1.82) is 0 Å². The number of carbonyl (C=O) groups is 2. The molecule has 37 heavy (non-hydrogen) atoms. The summed E-state index contributed by atoms with van der Waals surface area (Å²) >= 11 is 0. The van der Waals surface area contributed by atoms with Gasteiger partial charge in [0.1, 0.15) is 5.70 Å². The number of aromatic amines is 1. The summed E-state index contributed by atoms with van der Waals surface area (Å²) in [6, 6.07) is 21.4. The SMILES string of the molecule is O=C1NC(=Cc2c(-c3ccccc3)[nH]n(-c3ccccc3)c2=O)C(=O)N1Cc1ccc(C(F)(F)F)cc1. The number of para-hydroxylation sites is 1. The summed E-state index contributed by atoms with van der Waals surface area (Å²) in [7, 11) is 0. The van der Waals surface area contributed by atoms with Gasteiger partial charge in [0.2, 0.25) is 0 Å². The molecule has 0 saturated carbocycles. The topological polar surface area (TPSA) is 87.2 Å². The zero-order chi connectivity index (χ0) is 26.2. The number of nitrogens with one attached hydrogen (secondary N) is 2. The van der Waals surface area contributed by atoms with Crippen molar-refractivity contribution in [2.45, 2.75) is 12.7 Å². The molecule has 0 unspecified atom stereocenters. The van der Waals surface area contributed by atoms with Crippen molar-refractivity contribution in [3.05, 3.63) is 118 Å². The minimum atomic E-state index is -4.49. The summed E-state index contributed by atoms with van der Waals surface area (Å²) in [5.41, 5.74) is 0.853. The number of urea groups is 1. The van der Waals surface area contributed by atoms with E-state index < -0.39 is 29.2 Å². The van der Waals surface area contributed by atoms with Gasteiger partial charge in [-0.3, -0.25) is 19.6 Å². The fraction of sp³-hybridized carbons (Fsp3) is 0.0741. The molecule has 1 aliphatic heterocycles. The van der Waals surface area contributed by atoms with Crippen LogP contribution >= 0.6 is 0 Å². The predicted molar refractivity (Wildman–Crippen MR) is 130 cm³/mol. The lowest BCUT2D eigenvalue weighted by Crippen LogP contribution is -2.30. The third-order valence-electron chi connectivity index (χ3n) is 5.88. The van der Waals surface area contributed by atoms with E-state index in [4.69, 9.17) is 0 Å². The number of carbonyl (C=O) groups excluding carboxylic acids is 2. The van der Waals surface area contributed by atoms with E-state index in [9.17, 15) is 27.6 Å². The normalized spacial score (nSPS) is 14.9. The number of amides is 3. The van der Waals surface area contributed by atoms with E-state index in [2.05, 4.69) is 10.4 Å². The van der Waals surface area contributed by atoms with Crippen LogP contribution in [0.4, 0.5) is 18.0 Å². The summed E-state index contributed by atoms with van der Waals surface area (Å²) in [5, 5.41) is 5.55. The predicted octanol–water partition coefficient (Wildman–Crippen LogP) is 4.94. The Morgan fingerprint density at radius 2 is 1.43 bits per heavy atom. The van der Waals surface area contributed by atoms with Crippen molar-refractivity contribution in [2.24, 2.45) is 0 Å². The molecule has 1 saturated heterocycles. The Hall–Kier alpha value is -4.86. The molecule has 1 aromatic heterocycles. The maximum atomic E-state index is 13.4. The van der Waals surface area contributed by atoms with Crippen LogP contribution in [-0.2, 0) is 17.5 Å². The minimum absolute atomic E-state index is 0.120. The van der Waals surface area contributed by atoms with Crippen LogP contribution in [0.15, 0.2) is 95.4 Å². The molecule has 7 nitrogen and oxygen atoms in total. The average molecular weight is 504 g/mol. The number of nitrogens with zero attached hydrogens (tertiary/aromatic N) is 2. The molecule has 2 N–H and O–H groups in total. The summed E-state index contributed by atoms with van der Waals surface area (Å²) in [5.74, 6) is -0.698. The second kappa shape index (κ2) is 9.30. The molecule has 2 heterocycles. The standard InChI is InChI=1S/C27H19F3N4O3/c28-27(29,30)19-13-11-17(12-14-19)16-33-25(36)22(31-26(33)37)15-21-23(18-7-3-1-4-8-18)32-34(24(21)35)20-9-5-2-6-10-20/h1-15,32H,16H2,(H,31,37). The molecular weight excluding hydrogens is 485 g/mol. The van der Waals surface area contributed by atoms with Gasteiger partial charge < -0.3 is 5.32 Å². The highest BCUT2D eigenvalue weighted by molar-refractivity contribution is 6.14. The highest BCUT2D eigenvalue weighted by Gasteiger charge is 2.35. The van der Waals surface area contributed by atoms with Crippen LogP contribution in [0.3, 0.4) is 0 Å². The fourth-order valence-corrected chi connectivity index (χ4v) is 4.01. The minimum Gasteiger partial charge on any atom is -0.303 e. The average Bonchev–Trinajstić information content (AvgIpc) is 3.36. The van der Waals surface area contributed by atoms with E-state index >= 15 is 0 Å². The number of benzene rings is 3. The number of alkyl halides is 3. The molecule has 1 aliphatic rings. The van der Waals surface area contributed by atoms with Crippen LogP contribution in [-0.4, -0.2) is 26.6 Å². The summed E-state index contributed by atoms with van der Waals surface area (Å²) < 4.78 is 39.9.